The van der Waals surface area contributed by atoms with Gasteiger partial charge in [-0.3, -0.25) is 0 Å². The van der Waals surface area contributed by atoms with Gasteiger partial charge in [-0.05, 0) is 24.9 Å². The predicted octanol–water partition coefficient (Wildman–Crippen LogP) is 1.48. The summed E-state index contributed by atoms with van der Waals surface area (Å²) in [4.78, 5) is 0. The van der Waals surface area contributed by atoms with Crippen molar-refractivity contribution < 1.29 is 13.7 Å². The third-order valence-electron chi connectivity index (χ3n) is 1.93. The van der Waals surface area contributed by atoms with Crippen LogP contribution in [-0.4, -0.2) is 38.8 Å². The molecule has 0 radical (unpaired) electrons. The Kier molecular flexibility index (Phi) is 4.99. The Morgan fingerprint density at radius 2 is 2.50 bits per heavy atom. The zero-order valence-corrected chi connectivity index (χ0v) is 8.43. The molecule has 1 saturated heterocycles. The standard InChI is InChI=1S/C8H16O3S/c1-9-6-8(11-12-2)7-4-3-5-10-7/h7-8H,3-6H2,1-2H3. The maximum Gasteiger partial charge on any atom is 0.121 e. The van der Waals surface area contributed by atoms with Crippen molar-refractivity contribution in [2.45, 2.75) is 25.0 Å². The molecule has 1 fully saturated rings. The van der Waals surface area contributed by atoms with Crippen LogP contribution in [0.15, 0.2) is 0 Å². The van der Waals surface area contributed by atoms with Crippen molar-refractivity contribution in [3.05, 3.63) is 0 Å². The van der Waals surface area contributed by atoms with Crippen molar-refractivity contribution in [1.29, 1.82) is 0 Å². The number of methoxy groups -OCH3 is 1. The number of hydrogen-bond donors (Lipinski definition) is 0. The van der Waals surface area contributed by atoms with Crippen molar-refractivity contribution in [2.24, 2.45) is 0 Å². The first-order chi connectivity index (χ1) is 5.88. The highest BCUT2D eigenvalue weighted by Crippen LogP contribution is 2.20. The van der Waals surface area contributed by atoms with Crippen molar-refractivity contribution in [2.75, 3.05) is 26.6 Å². The molecule has 0 saturated carbocycles. The molecule has 1 rings (SSSR count). The lowest BCUT2D eigenvalue weighted by Gasteiger charge is -2.20. The first-order valence-electron chi connectivity index (χ1n) is 4.18. The lowest BCUT2D eigenvalue weighted by atomic mass is 10.1. The Labute approximate surface area is 78.0 Å². The molecule has 1 heterocycles. The predicted molar refractivity (Wildman–Crippen MR) is 49.2 cm³/mol. The third-order valence-corrected chi connectivity index (χ3v) is 2.37. The van der Waals surface area contributed by atoms with E-state index < -0.39 is 0 Å². The molecular weight excluding hydrogens is 176 g/mol. The average Bonchev–Trinajstić information content (AvgIpc) is 2.56. The second kappa shape index (κ2) is 5.80. The molecule has 3 nitrogen and oxygen atoms in total. The Morgan fingerprint density at radius 3 is 3.00 bits per heavy atom. The second-order valence-corrected chi connectivity index (χ2v) is 3.33. The molecule has 4 heteroatoms. The summed E-state index contributed by atoms with van der Waals surface area (Å²) in [5.41, 5.74) is 0. The lowest BCUT2D eigenvalue weighted by molar-refractivity contribution is -0.0157. The Hall–Kier alpha value is 0.230. The minimum atomic E-state index is 0.0903. The van der Waals surface area contributed by atoms with Gasteiger partial charge >= 0.3 is 0 Å². The fourth-order valence-electron chi connectivity index (χ4n) is 1.38. The van der Waals surface area contributed by atoms with Gasteiger partial charge in [0.25, 0.3) is 0 Å². The first kappa shape index (κ1) is 10.3. The van der Waals surface area contributed by atoms with Crippen molar-refractivity contribution >= 4 is 12.0 Å². The van der Waals surface area contributed by atoms with Gasteiger partial charge in [0.05, 0.1) is 12.7 Å². The fourth-order valence-corrected chi connectivity index (χ4v) is 1.81. The molecule has 2 atom stereocenters. The quantitative estimate of drug-likeness (QED) is 0.617. The summed E-state index contributed by atoms with van der Waals surface area (Å²) < 4.78 is 16.0. The summed E-state index contributed by atoms with van der Waals surface area (Å²) in [6, 6.07) is 0. The molecule has 0 aromatic carbocycles. The molecule has 0 N–H and O–H groups in total. The highest BCUT2D eigenvalue weighted by molar-refractivity contribution is 7.93. The number of hydrogen-bond acceptors (Lipinski definition) is 4. The average molecular weight is 192 g/mol. The van der Waals surface area contributed by atoms with E-state index in [-0.39, 0.29) is 12.2 Å². The van der Waals surface area contributed by atoms with Crippen LogP contribution >= 0.6 is 12.0 Å². The van der Waals surface area contributed by atoms with Gasteiger partial charge in [-0.15, -0.1) is 0 Å². The summed E-state index contributed by atoms with van der Waals surface area (Å²) in [6.07, 6.45) is 4.47. The molecular formula is C8H16O3S. The highest BCUT2D eigenvalue weighted by atomic mass is 32.2. The van der Waals surface area contributed by atoms with E-state index in [4.69, 9.17) is 13.7 Å². The van der Waals surface area contributed by atoms with Crippen LogP contribution in [0.1, 0.15) is 12.8 Å². The first-order valence-corrected chi connectivity index (χ1v) is 5.33. The Bertz CT molecular complexity index is 109. The Morgan fingerprint density at radius 1 is 1.67 bits per heavy atom. The molecule has 0 bridgehead atoms. The van der Waals surface area contributed by atoms with E-state index in [9.17, 15) is 0 Å². The molecule has 0 aromatic heterocycles. The van der Waals surface area contributed by atoms with Gasteiger partial charge in [0.15, 0.2) is 0 Å². The van der Waals surface area contributed by atoms with Crippen LogP contribution in [0.2, 0.25) is 0 Å². The fraction of sp³-hybridized carbons (Fsp3) is 1.00. The zero-order valence-electron chi connectivity index (χ0n) is 7.62. The van der Waals surface area contributed by atoms with Crippen LogP contribution in [0.3, 0.4) is 0 Å². The van der Waals surface area contributed by atoms with Gasteiger partial charge in [0.2, 0.25) is 0 Å². The molecule has 72 valence electrons. The van der Waals surface area contributed by atoms with Crippen molar-refractivity contribution in [3.8, 4) is 0 Å². The molecule has 0 aliphatic carbocycles. The van der Waals surface area contributed by atoms with E-state index in [0.29, 0.717) is 6.61 Å². The van der Waals surface area contributed by atoms with Gasteiger partial charge in [-0.25, -0.2) is 0 Å². The number of ether oxygens (including phenoxy) is 2. The third kappa shape index (κ3) is 2.94. The van der Waals surface area contributed by atoms with E-state index in [2.05, 4.69) is 0 Å². The summed E-state index contributed by atoms with van der Waals surface area (Å²) in [5, 5.41) is 0. The number of rotatable bonds is 5. The largest absolute Gasteiger partial charge is 0.382 e. The summed E-state index contributed by atoms with van der Waals surface area (Å²) in [6.45, 7) is 1.48. The summed E-state index contributed by atoms with van der Waals surface area (Å²) in [7, 11) is 1.69. The SMILES string of the molecule is COCC(OSC)C1CCCO1. The topological polar surface area (TPSA) is 27.7 Å². The highest BCUT2D eigenvalue weighted by Gasteiger charge is 2.26. The maximum absolute atomic E-state index is 5.50. The lowest BCUT2D eigenvalue weighted by Crippen LogP contribution is -2.30. The maximum atomic E-state index is 5.50. The van der Waals surface area contributed by atoms with E-state index in [1.165, 1.54) is 12.0 Å². The molecule has 12 heavy (non-hydrogen) atoms. The van der Waals surface area contributed by atoms with E-state index >= 15 is 0 Å². The van der Waals surface area contributed by atoms with Crippen LogP contribution in [0.4, 0.5) is 0 Å². The monoisotopic (exact) mass is 192 g/mol. The molecule has 1 aliphatic heterocycles. The molecule has 0 amide bonds. The van der Waals surface area contributed by atoms with Crippen LogP contribution in [0, 0.1) is 0 Å². The van der Waals surface area contributed by atoms with Gasteiger partial charge in [0, 0.05) is 20.0 Å². The van der Waals surface area contributed by atoms with Crippen LogP contribution < -0.4 is 0 Å². The van der Waals surface area contributed by atoms with Crippen LogP contribution in [0.25, 0.3) is 0 Å². The minimum absolute atomic E-state index is 0.0903. The van der Waals surface area contributed by atoms with Crippen molar-refractivity contribution in [3.63, 3.8) is 0 Å². The van der Waals surface area contributed by atoms with Gasteiger partial charge in [-0.2, -0.15) is 0 Å². The van der Waals surface area contributed by atoms with Gasteiger partial charge < -0.3 is 13.7 Å². The second-order valence-electron chi connectivity index (χ2n) is 2.81. The normalized spacial score (nSPS) is 26.0. The molecule has 0 aromatic rings. The summed E-state index contributed by atoms with van der Waals surface area (Å²) >= 11 is 1.38. The van der Waals surface area contributed by atoms with E-state index in [1.807, 2.05) is 6.26 Å². The molecule has 0 spiro atoms. The molecule has 1 aliphatic rings. The van der Waals surface area contributed by atoms with E-state index in [0.717, 1.165) is 19.4 Å². The minimum Gasteiger partial charge on any atom is -0.382 e. The van der Waals surface area contributed by atoms with E-state index in [1.54, 1.807) is 7.11 Å². The zero-order chi connectivity index (χ0) is 8.81. The summed E-state index contributed by atoms with van der Waals surface area (Å²) in [5.74, 6) is 0. The van der Waals surface area contributed by atoms with Crippen molar-refractivity contribution in [1.82, 2.24) is 0 Å². The smallest absolute Gasteiger partial charge is 0.121 e. The molecule has 2 unspecified atom stereocenters. The van der Waals surface area contributed by atoms with Gasteiger partial charge in [0.1, 0.15) is 6.10 Å². The van der Waals surface area contributed by atoms with Crippen LogP contribution in [-0.2, 0) is 13.7 Å². The van der Waals surface area contributed by atoms with Crippen LogP contribution in [0.5, 0.6) is 0 Å². The Balaban J connectivity index is 2.29. The van der Waals surface area contributed by atoms with Gasteiger partial charge in [-0.1, -0.05) is 0 Å².